The van der Waals surface area contributed by atoms with Crippen LogP contribution in [0, 0.1) is 0 Å². The van der Waals surface area contributed by atoms with Gasteiger partial charge in [-0.05, 0) is 43.0 Å². The largest absolute Gasteiger partial charge is 0.480 e. The van der Waals surface area contributed by atoms with E-state index in [1.165, 1.54) is 0 Å². The van der Waals surface area contributed by atoms with Crippen LogP contribution in [-0.2, 0) is 4.79 Å². The summed E-state index contributed by atoms with van der Waals surface area (Å²) >= 11 is 0. The quantitative estimate of drug-likeness (QED) is 0.813. The summed E-state index contributed by atoms with van der Waals surface area (Å²) in [5.74, 6) is -0.487. The molecular weight excluding hydrogens is 232 g/mol. The van der Waals surface area contributed by atoms with Gasteiger partial charge in [0.1, 0.15) is 6.04 Å². The molecule has 6 nitrogen and oxygen atoms in total. The second-order valence-electron chi connectivity index (χ2n) is 4.63. The lowest BCUT2D eigenvalue weighted by Gasteiger charge is -2.28. The summed E-state index contributed by atoms with van der Waals surface area (Å²) in [6, 6.07) is 3.59. The highest BCUT2D eigenvalue weighted by molar-refractivity contribution is 5.73. The molecule has 2 aromatic rings. The molecule has 0 amide bonds. The minimum Gasteiger partial charge on any atom is -0.480 e. The normalized spacial score (nSPS) is 24.2. The maximum atomic E-state index is 11.0. The van der Waals surface area contributed by atoms with Crippen LogP contribution < -0.4 is 5.32 Å². The van der Waals surface area contributed by atoms with Crippen LogP contribution in [0.4, 0.5) is 0 Å². The summed E-state index contributed by atoms with van der Waals surface area (Å²) in [6.45, 7) is 0.740. The average Bonchev–Trinajstić information content (AvgIpc) is 2.86. The standard InChI is InChI=1S/C12H14N4O2/c17-12(18)11-6-8(1-3-13-11)9-2-4-16-10(5-9)7-14-15-16/h2,4-5,7-8,11,13H,1,3,6H2,(H,17,18). The van der Waals surface area contributed by atoms with Crippen LogP contribution >= 0.6 is 0 Å². The number of aromatic nitrogens is 3. The van der Waals surface area contributed by atoms with Gasteiger partial charge in [-0.25, -0.2) is 4.52 Å². The lowest BCUT2D eigenvalue weighted by Crippen LogP contribution is -2.42. The first-order chi connectivity index (χ1) is 8.74. The summed E-state index contributed by atoms with van der Waals surface area (Å²) in [4.78, 5) is 11.0. The number of hydrogen-bond donors (Lipinski definition) is 2. The Labute approximate surface area is 104 Å². The van der Waals surface area contributed by atoms with Gasteiger partial charge in [0.15, 0.2) is 0 Å². The molecule has 0 radical (unpaired) electrons. The van der Waals surface area contributed by atoms with E-state index in [4.69, 9.17) is 5.11 Å². The first kappa shape index (κ1) is 11.2. The van der Waals surface area contributed by atoms with Crippen LogP contribution in [0.15, 0.2) is 24.5 Å². The molecule has 1 aliphatic heterocycles. The second-order valence-corrected chi connectivity index (χ2v) is 4.63. The van der Waals surface area contributed by atoms with Crippen molar-refractivity contribution < 1.29 is 9.90 Å². The van der Waals surface area contributed by atoms with Gasteiger partial charge in [-0.1, -0.05) is 5.21 Å². The van der Waals surface area contributed by atoms with E-state index in [0.717, 1.165) is 24.0 Å². The van der Waals surface area contributed by atoms with Gasteiger partial charge in [-0.3, -0.25) is 4.79 Å². The van der Waals surface area contributed by atoms with Crippen LogP contribution in [0.5, 0.6) is 0 Å². The molecule has 6 heteroatoms. The Hall–Kier alpha value is -1.95. The van der Waals surface area contributed by atoms with Gasteiger partial charge in [-0.2, -0.15) is 0 Å². The first-order valence-corrected chi connectivity index (χ1v) is 6.00. The molecule has 3 heterocycles. The topological polar surface area (TPSA) is 79.5 Å². The smallest absolute Gasteiger partial charge is 0.320 e. The molecule has 0 aromatic carbocycles. The van der Waals surface area contributed by atoms with Gasteiger partial charge in [-0.15, -0.1) is 5.10 Å². The summed E-state index contributed by atoms with van der Waals surface area (Å²) < 4.78 is 1.71. The lowest BCUT2D eigenvalue weighted by atomic mass is 9.87. The summed E-state index contributed by atoms with van der Waals surface area (Å²) in [6.07, 6.45) is 5.17. The molecule has 0 spiro atoms. The molecule has 2 atom stereocenters. The zero-order valence-corrected chi connectivity index (χ0v) is 9.78. The van der Waals surface area contributed by atoms with E-state index < -0.39 is 12.0 Å². The fourth-order valence-corrected chi connectivity index (χ4v) is 2.51. The van der Waals surface area contributed by atoms with Crippen molar-refractivity contribution in [1.82, 2.24) is 20.1 Å². The molecule has 0 bridgehead atoms. The number of aliphatic carboxylic acids is 1. The predicted octanol–water partition coefficient (Wildman–Crippen LogP) is 0.649. The summed E-state index contributed by atoms with van der Waals surface area (Å²) in [5.41, 5.74) is 2.11. The number of carbonyl (C=O) groups is 1. The number of nitrogens with one attached hydrogen (secondary N) is 1. The molecule has 2 N–H and O–H groups in total. The zero-order chi connectivity index (χ0) is 12.5. The van der Waals surface area contributed by atoms with Crippen molar-refractivity contribution in [2.45, 2.75) is 24.8 Å². The fourth-order valence-electron chi connectivity index (χ4n) is 2.51. The predicted molar refractivity (Wildman–Crippen MR) is 64.4 cm³/mol. The number of pyridine rings is 1. The lowest BCUT2D eigenvalue weighted by molar-refractivity contribution is -0.140. The third-order valence-corrected chi connectivity index (χ3v) is 3.50. The number of fused-ring (bicyclic) bond motifs is 1. The zero-order valence-electron chi connectivity index (χ0n) is 9.78. The molecule has 18 heavy (non-hydrogen) atoms. The van der Waals surface area contributed by atoms with Crippen LogP contribution in [0.25, 0.3) is 5.52 Å². The average molecular weight is 246 g/mol. The number of carboxylic acids is 1. The van der Waals surface area contributed by atoms with Gasteiger partial charge in [0.25, 0.3) is 0 Å². The molecule has 2 unspecified atom stereocenters. The number of hydrogen-bond acceptors (Lipinski definition) is 4. The van der Waals surface area contributed by atoms with E-state index in [1.807, 2.05) is 18.3 Å². The van der Waals surface area contributed by atoms with Gasteiger partial charge < -0.3 is 10.4 Å². The van der Waals surface area contributed by atoms with E-state index in [0.29, 0.717) is 6.42 Å². The fraction of sp³-hybridized carbons (Fsp3) is 0.417. The Morgan fingerprint density at radius 3 is 3.28 bits per heavy atom. The van der Waals surface area contributed by atoms with Crippen molar-refractivity contribution in [3.63, 3.8) is 0 Å². The monoisotopic (exact) mass is 246 g/mol. The molecular formula is C12H14N4O2. The first-order valence-electron chi connectivity index (χ1n) is 6.00. The maximum absolute atomic E-state index is 11.0. The molecule has 1 fully saturated rings. The molecule has 0 aliphatic carbocycles. The third kappa shape index (κ3) is 1.95. The molecule has 3 rings (SSSR count). The van der Waals surface area contributed by atoms with E-state index in [2.05, 4.69) is 15.6 Å². The van der Waals surface area contributed by atoms with Crippen molar-refractivity contribution in [3.05, 3.63) is 30.1 Å². The van der Waals surface area contributed by atoms with Crippen molar-refractivity contribution in [3.8, 4) is 0 Å². The Morgan fingerprint density at radius 1 is 1.56 bits per heavy atom. The van der Waals surface area contributed by atoms with E-state index in [1.54, 1.807) is 10.7 Å². The van der Waals surface area contributed by atoms with Gasteiger partial charge >= 0.3 is 5.97 Å². The number of piperidine rings is 1. The highest BCUT2D eigenvalue weighted by atomic mass is 16.4. The Balaban J connectivity index is 1.86. The van der Waals surface area contributed by atoms with Gasteiger partial charge in [0, 0.05) is 6.20 Å². The number of carboxylic acid groups (broad SMARTS) is 1. The molecule has 1 aliphatic rings. The van der Waals surface area contributed by atoms with Crippen molar-refractivity contribution in [1.29, 1.82) is 0 Å². The molecule has 0 saturated carbocycles. The Morgan fingerprint density at radius 2 is 2.44 bits per heavy atom. The SMILES string of the molecule is O=C(O)C1CC(c2ccn3nncc3c2)CCN1. The minimum atomic E-state index is -0.771. The highest BCUT2D eigenvalue weighted by Gasteiger charge is 2.27. The van der Waals surface area contributed by atoms with Gasteiger partial charge in [0.05, 0.1) is 11.7 Å². The van der Waals surface area contributed by atoms with Crippen LogP contribution in [-0.4, -0.2) is 38.5 Å². The summed E-state index contributed by atoms with van der Waals surface area (Å²) in [5, 5.41) is 19.8. The van der Waals surface area contributed by atoms with E-state index in [9.17, 15) is 4.79 Å². The van der Waals surface area contributed by atoms with Crippen molar-refractivity contribution in [2.24, 2.45) is 0 Å². The third-order valence-electron chi connectivity index (χ3n) is 3.50. The second kappa shape index (κ2) is 4.38. The summed E-state index contributed by atoms with van der Waals surface area (Å²) in [7, 11) is 0. The van der Waals surface area contributed by atoms with Crippen molar-refractivity contribution >= 4 is 11.5 Å². The molecule has 2 aromatic heterocycles. The number of nitrogens with zero attached hydrogens (tertiary/aromatic N) is 3. The Kier molecular flexibility index (Phi) is 2.71. The van der Waals surface area contributed by atoms with Crippen LogP contribution in [0.2, 0.25) is 0 Å². The molecule has 94 valence electrons. The van der Waals surface area contributed by atoms with E-state index >= 15 is 0 Å². The van der Waals surface area contributed by atoms with Crippen LogP contribution in [0.3, 0.4) is 0 Å². The van der Waals surface area contributed by atoms with E-state index in [-0.39, 0.29) is 5.92 Å². The Bertz CT molecular complexity index is 580. The van der Waals surface area contributed by atoms with Crippen LogP contribution in [0.1, 0.15) is 24.3 Å². The minimum absolute atomic E-state index is 0.284. The van der Waals surface area contributed by atoms with Gasteiger partial charge in [0.2, 0.25) is 0 Å². The molecule has 1 saturated heterocycles. The highest BCUT2D eigenvalue weighted by Crippen LogP contribution is 2.28. The maximum Gasteiger partial charge on any atom is 0.320 e. The van der Waals surface area contributed by atoms with Crippen molar-refractivity contribution in [2.75, 3.05) is 6.54 Å². The number of rotatable bonds is 2.